The first-order valence-corrected chi connectivity index (χ1v) is 16.2. The Morgan fingerprint density at radius 2 is 1.92 bits per heavy atom. The molecule has 0 aliphatic carbocycles. The molecule has 2 aromatic carbocycles. The maximum absolute atomic E-state index is 13.3. The van der Waals surface area contributed by atoms with E-state index in [0.29, 0.717) is 59.0 Å². The van der Waals surface area contributed by atoms with E-state index in [2.05, 4.69) is 36.5 Å². The molecule has 14 nitrogen and oxygen atoms in total. The Labute approximate surface area is 288 Å². The van der Waals surface area contributed by atoms with Crippen LogP contribution in [0.1, 0.15) is 49.9 Å². The highest BCUT2D eigenvalue weighted by Gasteiger charge is 2.24. The third-order valence-electron chi connectivity index (χ3n) is 7.69. The molecule has 49 heavy (non-hydrogen) atoms. The number of pyridine rings is 1. The van der Waals surface area contributed by atoms with E-state index >= 15 is 0 Å². The van der Waals surface area contributed by atoms with Crippen LogP contribution in [0.3, 0.4) is 0 Å². The second kappa shape index (κ2) is 17.2. The van der Waals surface area contributed by atoms with Gasteiger partial charge < -0.3 is 24.8 Å². The van der Waals surface area contributed by atoms with Crippen molar-refractivity contribution in [3.63, 3.8) is 0 Å². The number of hydrogen-bond acceptors (Lipinski definition) is 11. The lowest BCUT2D eigenvalue weighted by Crippen LogP contribution is -2.32. The molecule has 1 aliphatic rings. The molecular formula is C34H37ClN8O6. The molecule has 2 aromatic heterocycles. The fourth-order valence-corrected chi connectivity index (χ4v) is 5.55. The fraction of sp³-hybridized carbons (Fsp3) is 0.324. The number of fused-ring (bicyclic) bond motifs is 4. The van der Waals surface area contributed by atoms with Crippen molar-refractivity contribution < 1.29 is 28.6 Å². The second-order valence-electron chi connectivity index (χ2n) is 11.1. The standard InChI is InChI=1S/C34H37ClN8O6/c1-3-48-33(45)28-7-5-4-6-27(40-32(44)13-8-23-18-24(35)9-12-31(23)43-21-37-41-42-43)30-19-22(14-15-36-30)26-11-10-25(20-29(26)39-28)38-34(46)49-17-16-47-2/h8-15,18-21,27-28,39H,3-7,16-17H2,1-2H3,(H,38,46)(H,40,44). The molecule has 4 aromatic rings. The van der Waals surface area contributed by atoms with E-state index in [9.17, 15) is 14.4 Å². The Morgan fingerprint density at radius 3 is 2.71 bits per heavy atom. The summed E-state index contributed by atoms with van der Waals surface area (Å²) in [6, 6.07) is 13.2. The van der Waals surface area contributed by atoms with Crippen LogP contribution in [0.25, 0.3) is 22.9 Å². The van der Waals surface area contributed by atoms with Crippen LogP contribution in [0.5, 0.6) is 0 Å². The first kappa shape index (κ1) is 35.0. The predicted molar refractivity (Wildman–Crippen MR) is 183 cm³/mol. The Kier molecular flexibility index (Phi) is 12.3. The number of benzene rings is 2. The average Bonchev–Trinajstić information content (AvgIpc) is 3.63. The van der Waals surface area contributed by atoms with Crippen LogP contribution in [0.2, 0.25) is 5.02 Å². The number of hydrogen-bond donors (Lipinski definition) is 3. The Balaban J connectivity index is 1.42. The number of methoxy groups -OCH3 is 1. The number of carbonyl (C=O) groups is 3. The molecule has 256 valence electrons. The maximum atomic E-state index is 13.3. The zero-order chi connectivity index (χ0) is 34.6. The van der Waals surface area contributed by atoms with Crippen LogP contribution in [-0.2, 0) is 23.8 Å². The van der Waals surface area contributed by atoms with E-state index in [1.165, 1.54) is 24.2 Å². The molecule has 0 saturated carbocycles. The molecule has 2 unspecified atom stereocenters. The van der Waals surface area contributed by atoms with Gasteiger partial charge in [0.25, 0.3) is 0 Å². The van der Waals surface area contributed by atoms with Gasteiger partial charge in [-0.2, -0.15) is 4.68 Å². The molecule has 0 saturated heterocycles. The molecule has 2 bridgehead atoms. The third-order valence-corrected chi connectivity index (χ3v) is 7.92. The van der Waals surface area contributed by atoms with Crippen molar-refractivity contribution in [2.24, 2.45) is 0 Å². The van der Waals surface area contributed by atoms with Crippen LogP contribution < -0.4 is 16.0 Å². The summed E-state index contributed by atoms with van der Waals surface area (Å²) < 4.78 is 17.0. The number of ether oxygens (including phenoxy) is 3. The molecule has 5 rings (SSSR count). The molecule has 1 aliphatic heterocycles. The molecule has 0 spiro atoms. The van der Waals surface area contributed by atoms with E-state index in [0.717, 1.165) is 11.1 Å². The van der Waals surface area contributed by atoms with Crippen LogP contribution >= 0.6 is 11.6 Å². The highest BCUT2D eigenvalue weighted by atomic mass is 35.5. The lowest BCUT2D eigenvalue weighted by atomic mass is 9.96. The van der Waals surface area contributed by atoms with Crippen molar-refractivity contribution in [2.45, 2.75) is 44.7 Å². The molecule has 0 radical (unpaired) electrons. The largest absolute Gasteiger partial charge is 0.464 e. The third kappa shape index (κ3) is 9.61. The number of nitrogens with zero attached hydrogens (tertiary/aromatic N) is 5. The molecule has 2 atom stereocenters. The monoisotopic (exact) mass is 688 g/mol. The SMILES string of the molecule is CCOC(=O)C1CCCCC(NC(=O)C=Cc2cc(Cl)ccc2-n2cnnn2)c2cc(ccn2)-c2ccc(NC(=O)OCCOC)cc2N1. The number of esters is 1. The van der Waals surface area contributed by atoms with Crippen LogP contribution in [0, 0.1) is 0 Å². The van der Waals surface area contributed by atoms with Gasteiger partial charge in [0.15, 0.2) is 0 Å². The topological polar surface area (TPSA) is 171 Å². The first-order chi connectivity index (χ1) is 23.8. The fourth-order valence-electron chi connectivity index (χ4n) is 5.37. The molecule has 3 N–H and O–H groups in total. The van der Waals surface area contributed by atoms with Crippen molar-refractivity contribution in [2.75, 3.05) is 37.6 Å². The lowest BCUT2D eigenvalue weighted by molar-refractivity contribution is -0.144. The first-order valence-electron chi connectivity index (χ1n) is 15.8. The van der Waals surface area contributed by atoms with Gasteiger partial charge in [-0.05, 0) is 84.3 Å². The number of amides is 2. The van der Waals surface area contributed by atoms with E-state index in [1.54, 1.807) is 49.5 Å². The number of anilines is 2. The molecular weight excluding hydrogens is 652 g/mol. The summed E-state index contributed by atoms with van der Waals surface area (Å²) in [5.41, 5.74) is 4.62. The highest BCUT2D eigenvalue weighted by Crippen LogP contribution is 2.34. The van der Waals surface area contributed by atoms with Gasteiger partial charge in [-0.15, -0.1) is 5.10 Å². The number of rotatable bonds is 10. The van der Waals surface area contributed by atoms with Crippen molar-refractivity contribution in [3.05, 3.63) is 83.4 Å². The second-order valence-corrected chi connectivity index (χ2v) is 11.5. The summed E-state index contributed by atoms with van der Waals surface area (Å²) in [4.78, 5) is 43.4. The van der Waals surface area contributed by atoms with Crippen molar-refractivity contribution >= 4 is 47.0 Å². The number of tetrazole rings is 1. The smallest absolute Gasteiger partial charge is 0.411 e. The summed E-state index contributed by atoms with van der Waals surface area (Å²) in [6.07, 6.45) is 8.01. The summed E-state index contributed by atoms with van der Waals surface area (Å²) in [6.45, 7) is 2.37. The van der Waals surface area contributed by atoms with E-state index in [-0.39, 0.29) is 31.7 Å². The summed E-state index contributed by atoms with van der Waals surface area (Å²) in [5, 5.41) is 21.0. The van der Waals surface area contributed by atoms with Crippen molar-refractivity contribution in [1.82, 2.24) is 30.5 Å². The van der Waals surface area contributed by atoms with Gasteiger partial charge in [0, 0.05) is 46.9 Å². The minimum absolute atomic E-state index is 0.103. The van der Waals surface area contributed by atoms with E-state index < -0.39 is 18.2 Å². The Morgan fingerprint density at radius 1 is 1.06 bits per heavy atom. The predicted octanol–water partition coefficient (Wildman–Crippen LogP) is 5.36. The van der Waals surface area contributed by atoms with Gasteiger partial charge in [-0.25, -0.2) is 9.59 Å². The van der Waals surface area contributed by atoms with Crippen LogP contribution in [0.4, 0.5) is 16.2 Å². The Bertz CT molecular complexity index is 1780. The van der Waals surface area contributed by atoms with Gasteiger partial charge in [-0.3, -0.25) is 15.1 Å². The van der Waals surface area contributed by atoms with Gasteiger partial charge in [0.1, 0.15) is 19.0 Å². The zero-order valence-electron chi connectivity index (χ0n) is 27.1. The minimum atomic E-state index is -0.647. The molecule has 0 fully saturated rings. The van der Waals surface area contributed by atoms with Crippen LogP contribution in [-0.4, -0.2) is 76.1 Å². The van der Waals surface area contributed by atoms with E-state index in [4.69, 9.17) is 25.8 Å². The molecule has 15 heteroatoms. The number of aromatic nitrogens is 5. The van der Waals surface area contributed by atoms with Gasteiger partial charge in [-0.1, -0.05) is 30.5 Å². The number of halogens is 1. The van der Waals surface area contributed by atoms with E-state index in [1.807, 2.05) is 18.2 Å². The quantitative estimate of drug-likeness (QED) is 0.111. The number of carbonyl (C=O) groups excluding carboxylic acids is 3. The zero-order valence-corrected chi connectivity index (χ0v) is 27.9. The normalized spacial score (nSPS) is 16.0. The van der Waals surface area contributed by atoms with Crippen molar-refractivity contribution in [1.29, 1.82) is 0 Å². The van der Waals surface area contributed by atoms with Crippen molar-refractivity contribution in [3.8, 4) is 16.8 Å². The summed E-state index contributed by atoms with van der Waals surface area (Å²) in [7, 11) is 1.52. The van der Waals surface area contributed by atoms with Crippen LogP contribution in [0.15, 0.2) is 67.1 Å². The van der Waals surface area contributed by atoms with Gasteiger partial charge >= 0.3 is 12.1 Å². The highest BCUT2D eigenvalue weighted by molar-refractivity contribution is 6.30. The lowest BCUT2D eigenvalue weighted by Gasteiger charge is -2.24. The average molecular weight is 689 g/mol. The van der Waals surface area contributed by atoms with Gasteiger partial charge in [0.05, 0.1) is 30.6 Å². The van der Waals surface area contributed by atoms with Gasteiger partial charge in [0.2, 0.25) is 5.91 Å². The number of nitrogens with one attached hydrogen (secondary N) is 3. The maximum Gasteiger partial charge on any atom is 0.411 e. The molecule has 2 amide bonds. The summed E-state index contributed by atoms with van der Waals surface area (Å²) >= 11 is 6.25. The summed E-state index contributed by atoms with van der Waals surface area (Å²) in [5.74, 6) is -0.707. The minimum Gasteiger partial charge on any atom is -0.464 e. The molecule has 3 heterocycles. The Hall–Kier alpha value is -5.34.